The monoisotopic (exact) mass is 388 g/mol. The van der Waals surface area contributed by atoms with Gasteiger partial charge in [0, 0.05) is 37.6 Å². The number of carbonyl (C=O) groups is 2. The zero-order valence-electron chi connectivity index (χ0n) is 15.7. The number of rotatable bonds is 5. The molecule has 2 amide bonds. The minimum Gasteiger partial charge on any atom is -0.459 e. The van der Waals surface area contributed by atoms with E-state index in [0.717, 1.165) is 5.56 Å². The van der Waals surface area contributed by atoms with Gasteiger partial charge in [-0.05, 0) is 41.7 Å². The molecule has 0 radical (unpaired) electrons. The van der Waals surface area contributed by atoms with Gasteiger partial charge >= 0.3 is 0 Å². The van der Waals surface area contributed by atoms with Crippen molar-refractivity contribution in [2.24, 2.45) is 5.92 Å². The summed E-state index contributed by atoms with van der Waals surface area (Å²) in [4.78, 5) is 28.8. The molecule has 6 heteroatoms. The summed E-state index contributed by atoms with van der Waals surface area (Å²) in [6.07, 6.45) is 1.96. The molecule has 1 aliphatic heterocycles. The van der Waals surface area contributed by atoms with Gasteiger partial charge in [-0.2, -0.15) is 0 Å². The minimum atomic E-state index is -0.117. The topological polar surface area (TPSA) is 53.8 Å². The molecule has 1 unspecified atom stereocenters. The van der Waals surface area contributed by atoms with Gasteiger partial charge in [-0.15, -0.1) is 0 Å². The molecule has 0 saturated carbocycles. The van der Waals surface area contributed by atoms with Crippen LogP contribution in [0.4, 0.5) is 0 Å². The molecule has 1 aromatic carbocycles. The smallest absolute Gasteiger partial charge is 0.289 e. The molecule has 0 bridgehead atoms. The van der Waals surface area contributed by atoms with E-state index in [0.29, 0.717) is 49.3 Å². The van der Waals surface area contributed by atoms with Gasteiger partial charge in [0.2, 0.25) is 5.91 Å². The molecular weight excluding hydrogens is 364 g/mol. The lowest BCUT2D eigenvalue weighted by Crippen LogP contribution is -2.50. The van der Waals surface area contributed by atoms with Crippen molar-refractivity contribution in [1.29, 1.82) is 0 Å². The van der Waals surface area contributed by atoms with Crippen molar-refractivity contribution in [3.8, 4) is 0 Å². The van der Waals surface area contributed by atoms with E-state index in [2.05, 4.69) is 13.8 Å². The van der Waals surface area contributed by atoms with Gasteiger partial charge in [-0.1, -0.05) is 37.6 Å². The van der Waals surface area contributed by atoms with Crippen LogP contribution in [0.2, 0.25) is 5.02 Å². The first-order chi connectivity index (χ1) is 13.0. The Kier molecular flexibility index (Phi) is 6.22. The second-order valence-electron chi connectivity index (χ2n) is 7.26. The fourth-order valence-corrected chi connectivity index (χ4v) is 3.61. The second kappa shape index (κ2) is 8.61. The molecule has 2 heterocycles. The van der Waals surface area contributed by atoms with Crippen molar-refractivity contribution < 1.29 is 14.0 Å². The Morgan fingerprint density at radius 2 is 1.67 bits per heavy atom. The first-order valence-electron chi connectivity index (χ1n) is 9.31. The number of piperazine rings is 1. The van der Waals surface area contributed by atoms with Crippen LogP contribution in [-0.4, -0.2) is 47.8 Å². The first kappa shape index (κ1) is 19.5. The van der Waals surface area contributed by atoms with Crippen molar-refractivity contribution in [3.63, 3.8) is 0 Å². The highest BCUT2D eigenvalue weighted by atomic mass is 35.5. The van der Waals surface area contributed by atoms with Gasteiger partial charge in [-0.25, -0.2) is 0 Å². The van der Waals surface area contributed by atoms with E-state index in [-0.39, 0.29) is 17.7 Å². The fraction of sp³-hybridized carbons (Fsp3) is 0.429. The molecule has 3 rings (SSSR count). The van der Waals surface area contributed by atoms with Gasteiger partial charge in [0.05, 0.1) is 6.26 Å². The number of amides is 2. The van der Waals surface area contributed by atoms with Gasteiger partial charge in [0.25, 0.3) is 5.91 Å². The zero-order valence-corrected chi connectivity index (χ0v) is 16.5. The summed E-state index contributed by atoms with van der Waals surface area (Å²) in [5.74, 6) is 0.856. The van der Waals surface area contributed by atoms with Crippen LogP contribution in [0.5, 0.6) is 0 Å². The highest BCUT2D eigenvalue weighted by molar-refractivity contribution is 6.30. The second-order valence-corrected chi connectivity index (χ2v) is 7.69. The van der Waals surface area contributed by atoms with Crippen molar-refractivity contribution >= 4 is 23.4 Å². The van der Waals surface area contributed by atoms with E-state index in [1.807, 2.05) is 29.2 Å². The van der Waals surface area contributed by atoms with E-state index in [1.54, 1.807) is 17.0 Å². The van der Waals surface area contributed by atoms with Crippen molar-refractivity contribution in [2.45, 2.75) is 26.2 Å². The third kappa shape index (κ3) is 4.72. The van der Waals surface area contributed by atoms with Gasteiger partial charge in [-0.3, -0.25) is 9.59 Å². The molecular formula is C21H25ClN2O3. The Morgan fingerprint density at radius 1 is 1.04 bits per heavy atom. The van der Waals surface area contributed by atoms with E-state index >= 15 is 0 Å². The summed E-state index contributed by atoms with van der Waals surface area (Å²) in [6.45, 7) is 6.42. The lowest BCUT2D eigenvalue weighted by atomic mass is 9.85. The Labute approximate surface area is 164 Å². The predicted octanol–water partition coefficient (Wildman–Crippen LogP) is 4.05. The number of carbonyl (C=O) groups excluding carboxylic acids is 2. The lowest BCUT2D eigenvalue weighted by molar-refractivity contribution is -0.133. The Hall–Kier alpha value is -2.27. The van der Waals surface area contributed by atoms with E-state index in [1.165, 1.54) is 6.26 Å². The molecule has 1 atom stereocenters. The van der Waals surface area contributed by atoms with Crippen LogP contribution in [0.1, 0.15) is 42.3 Å². The maximum absolute atomic E-state index is 12.8. The molecule has 5 nitrogen and oxygen atoms in total. The maximum Gasteiger partial charge on any atom is 0.289 e. The number of hydrogen-bond donors (Lipinski definition) is 0. The Morgan fingerprint density at radius 3 is 2.22 bits per heavy atom. The normalized spacial score (nSPS) is 15.9. The summed E-state index contributed by atoms with van der Waals surface area (Å²) < 4.78 is 5.18. The molecule has 0 aliphatic carbocycles. The average Bonchev–Trinajstić information content (AvgIpc) is 3.21. The average molecular weight is 389 g/mol. The van der Waals surface area contributed by atoms with Crippen LogP contribution in [-0.2, 0) is 4.79 Å². The Bertz CT molecular complexity index is 763. The lowest BCUT2D eigenvalue weighted by Gasteiger charge is -2.35. The largest absolute Gasteiger partial charge is 0.459 e. The SMILES string of the molecule is CC(C)C(CC(=O)N1CCN(C(=O)c2ccco2)CC1)c1ccc(Cl)cc1. The molecule has 27 heavy (non-hydrogen) atoms. The highest BCUT2D eigenvalue weighted by Crippen LogP contribution is 2.29. The fourth-order valence-electron chi connectivity index (χ4n) is 3.48. The number of halogens is 1. The third-order valence-corrected chi connectivity index (χ3v) is 5.40. The zero-order chi connectivity index (χ0) is 19.4. The number of nitrogens with zero attached hydrogens (tertiary/aromatic N) is 2. The molecule has 1 aliphatic rings. The summed E-state index contributed by atoms with van der Waals surface area (Å²) in [5, 5.41) is 0.699. The van der Waals surface area contributed by atoms with Crippen LogP contribution in [0.3, 0.4) is 0 Å². The molecule has 1 aromatic heterocycles. The summed E-state index contributed by atoms with van der Waals surface area (Å²) in [7, 11) is 0. The highest BCUT2D eigenvalue weighted by Gasteiger charge is 2.28. The first-order valence-corrected chi connectivity index (χ1v) is 9.69. The van der Waals surface area contributed by atoms with E-state index < -0.39 is 0 Å². The van der Waals surface area contributed by atoms with Crippen molar-refractivity contribution in [1.82, 2.24) is 9.80 Å². The van der Waals surface area contributed by atoms with Crippen molar-refractivity contribution in [3.05, 3.63) is 59.0 Å². The van der Waals surface area contributed by atoms with Crippen LogP contribution in [0.15, 0.2) is 47.1 Å². The molecule has 1 saturated heterocycles. The van der Waals surface area contributed by atoms with Gasteiger partial charge in [0.15, 0.2) is 5.76 Å². The van der Waals surface area contributed by atoms with Crippen LogP contribution in [0.25, 0.3) is 0 Å². The molecule has 0 N–H and O–H groups in total. The maximum atomic E-state index is 12.8. The summed E-state index contributed by atoms with van der Waals surface area (Å²) in [5.41, 5.74) is 1.13. The minimum absolute atomic E-state index is 0.117. The van der Waals surface area contributed by atoms with Gasteiger partial charge in [0.1, 0.15) is 0 Å². The van der Waals surface area contributed by atoms with Crippen molar-refractivity contribution in [2.75, 3.05) is 26.2 Å². The quantitative estimate of drug-likeness (QED) is 0.776. The standard InChI is InChI=1S/C21H25ClN2O3/c1-15(2)18(16-5-7-17(22)8-6-16)14-20(25)23-9-11-24(12-10-23)21(26)19-4-3-13-27-19/h3-8,13,15,18H,9-12,14H2,1-2H3. The number of furan rings is 1. The van der Waals surface area contributed by atoms with Gasteiger partial charge < -0.3 is 14.2 Å². The number of benzene rings is 1. The van der Waals surface area contributed by atoms with Crippen LogP contribution >= 0.6 is 11.6 Å². The Balaban J connectivity index is 1.58. The van der Waals surface area contributed by atoms with Crippen LogP contribution < -0.4 is 0 Å². The predicted molar refractivity (Wildman–Crippen MR) is 105 cm³/mol. The van der Waals surface area contributed by atoms with E-state index in [9.17, 15) is 9.59 Å². The van der Waals surface area contributed by atoms with Crippen LogP contribution in [0, 0.1) is 5.92 Å². The molecule has 144 valence electrons. The number of hydrogen-bond acceptors (Lipinski definition) is 3. The molecule has 2 aromatic rings. The summed E-state index contributed by atoms with van der Waals surface area (Å²) >= 11 is 5.99. The molecule has 1 fully saturated rings. The van der Waals surface area contributed by atoms with E-state index in [4.69, 9.17) is 16.0 Å². The third-order valence-electron chi connectivity index (χ3n) is 5.15. The summed E-state index contributed by atoms with van der Waals surface area (Å²) in [6, 6.07) is 11.1. The molecule has 0 spiro atoms.